The van der Waals surface area contributed by atoms with Crippen LogP contribution in [-0.4, -0.2) is 75.1 Å². The molecule has 8 heteroatoms. The van der Waals surface area contributed by atoms with Crippen molar-refractivity contribution in [1.82, 2.24) is 14.9 Å². The molecule has 0 spiro atoms. The lowest BCUT2D eigenvalue weighted by molar-refractivity contribution is -0.404. The van der Waals surface area contributed by atoms with Gasteiger partial charge in [-0.15, -0.1) is 0 Å². The lowest BCUT2D eigenvalue weighted by Gasteiger charge is -2.43. The largest absolute Gasteiger partial charge is 0.346 e. The van der Waals surface area contributed by atoms with Gasteiger partial charge in [-0.2, -0.15) is 0 Å². The van der Waals surface area contributed by atoms with E-state index < -0.39 is 6.10 Å². The highest BCUT2D eigenvalue weighted by molar-refractivity contribution is 4.82. The van der Waals surface area contributed by atoms with E-state index in [-0.39, 0.29) is 6.04 Å². The van der Waals surface area contributed by atoms with E-state index in [4.69, 9.17) is 11.7 Å². The molecule has 20 heavy (non-hydrogen) atoms. The summed E-state index contributed by atoms with van der Waals surface area (Å²) in [5.74, 6) is 11.8. The van der Waals surface area contributed by atoms with Crippen molar-refractivity contribution in [2.45, 2.75) is 37.8 Å². The highest BCUT2D eigenvalue weighted by Gasteiger charge is 2.38. The second-order valence-electron chi connectivity index (χ2n) is 6.00. The fourth-order valence-electron chi connectivity index (χ4n) is 3.13. The van der Waals surface area contributed by atoms with E-state index in [9.17, 15) is 15.3 Å². The zero-order valence-electron chi connectivity index (χ0n) is 11.9. The number of hydrogen-bond donors (Lipinski definition) is 5. The van der Waals surface area contributed by atoms with E-state index in [0.717, 1.165) is 38.8 Å². The van der Waals surface area contributed by atoms with Gasteiger partial charge in [-0.25, -0.2) is 14.9 Å². The van der Waals surface area contributed by atoms with Gasteiger partial charge in [0.05, 0.1) is 0 Å². The fraction of sp³-hybridized carbons (Fsp3) is 1.00. The quantitative estimate of drug-likeness (QED) is 0.292. The molecular formula is C12H27N5O3. The monoisotopic (exact) mass is 289 g/mol. The van der Waals surface area contributed by atoms with Crippen LogP contribution in [-0.2, 0) is 0 Å². The molecule has 0 aromatic rings. The molecule has 0 aliphatic carbocycles. The first-order valence-corrected chi connectivity index (χ1v) is 7.29. The van der Waals surface area contributed by atoms with Crippen molar-refractivity contribution in [2.24, 2.45) is 17.6 Å². The number of aliphatic hydroxyl groups is 3. The molecule has 2 saturated heterocycles. The van der Waals surface area contributed by atoms with Crippen LogP contribution in [0.25, 0.3) is 0 Å². The zero-order chi connectivity index (χ0) is 14.8. The molecule has 0 atom stereocenters. The summed E-state index contributed by atoms with van der Waals surface area (Å²) in [6.07, 6.45) is 0.476. The molecule has 2 aliphatic heterocycles. The normalized spacial score (nSPS) is 25.5. The summed E-state index contributed by atoms with van der Waals surface area (Å²) >= 11 is 0. The van der Waals surface area contributed by atoms with Gasteiger partial charge >= 0.3 is 6.10 Å². The third-order valence-corrected chi connectivity index (χ3v) is 4.43. The fourth-order valence-corrected chi connectivity index (χ4v) is 3.13. The van der Waals surface area contributed by atoms with Gasteiger partial charge in [0.25, 0.3) is 0 Å². The first kappa shape index (κ1) is 16.1. The van der Waals surface area contributed by atoms with Gasteiger partial charge in [0, 0.05) is 38.8 Å². The molecule has 7 N–H and O–H groups in total. The van der Waals surface area contributed by atoms with Crippen molar-refractivity contribution in [3.63, 3.8) is 0 Å². The van der Waals surface area contributed by atoms with Crippen LogP contribution in [0.1, 0.15) is 25.7 Å². The second-order valence-corrected chi connectivity index (χ2v) is 6.00. The van der Waals surface area contributed by atoms with Crippen LogP contribution < -0.4 is 11.7 Å². The molecule has 0 aromatic heterocycles. The lowest BCUT2D eigenvalue weighted by atomic mass is 9.95. The summed E-state index contributed by atoms with van der Waals surface area (Å²) in [5.41, 5.74) is 0. The highest BCUT2D eigenvalue weighted by Crippen LogP contribution is 2.25. The number of nitrogens with zero attached hydrogens (tertiary/aromatic N) is 3. The molecule has 2 heterocycles. The first-order chi connectivity index (χ1) is 9.36. The number of nitrogens with two attached hydrogens (primary N) is 2. The van der Waals surface area contributed by atoms with Gasteiger partial charge in [0.15, 0.2) is 0 Å². The van der Waals surface area contributed by atoms with Crippen molar-refractivity contribution >= 4 is 0 Å². The average Bonchev–Trinajstić information content (AvgIpc) is 2.38. The molecule has 2 aliphatic rings. The van der Waals surface area contributed by atoms with Crippen LogP contribution >= 0.6 is 0 Å². The van der Waals surface area contributed by atoms with E-state index >= 15 is 0 Å². The van der Waals surface area contributed by atoms with Gasteiger partial charge in [-0.3, -0.25) is 11.7 Å². The van der Waals surface area contributed by atoms with E-state index in [1.165, 1.54) is 4.90 Å². The Morgan fingerprint density at radius 3 is 1.80 bits per heavy atom. The van der Waals surface area contributed by atoms with Gasteiger partial charge in [0.1, 0.15) is 0 Å². The Labute approximate surface area is 119 Å². The molecule has 2 rings (SSSR count). The summed E-state index contributed by atoms with van der Waals surface area (Å²) in [6.45, 7) is 3.45. The third-order valence-electron chi connectivity index (χ3n) is 4.43. The summed E-state index contributed by atoms with van der Waals surface area (Å²) in [7, 11) is 0. The van der Waals surface area contributed by atoms with Crippen LogP contribution in [0.4, 0.5) is 0 Å². The Bertz CT molecular complexity index is 296. The predicted molar refractivity (Wildman–Crippen MR) is 73.4 cm³/mol. The van der Waals surface area contributed by atoms with Crippen molar-refractivity contribution in [1.29, 1.82) is 0 Å². The van der Waals surface area contributed by atoms with Crippen molar-refractivity contribution in [3.8, 4) is 0 Å². The first-order valence-electron chi connectivity index (χ1n) is 7.29. The summed E-state index contributed by atoms with van der Waals surface area (Å²) < 4.78 is 0. The Kier molecular flexibility index (Phi) is 5.32. The Hall–Kier alpha value is -0.320. The number of rotatable bonds is 4. The maximum absolute atomic E-state index is 9.64. The molecule has 0 bridgehead atoms. The molecular weight excluding hydrogens is 262 g/mol. The van der Waals surface area contributed by atoms with Gasteiger partial charge in [-0.1, -0.05) is 0 Å². The minimum atomic E-state index is -2.76. The van der Waals surface area contributed by atoms with Crippen molar-refractivity contribution in [3.05, 3.63) is 0 Å². The standard InChI is InChI=1S/C12H27N5O3/c13-15-5-1-10(2-6-15)9-17(12(18,19)20)11-3-7-16(14)8-4-11/h10-11,18-20H,1-9,13-14H2. The molecule has 0 amide bonds. The number of piperidine rings is 2. The number of hydrazine groups is 2. The minimum Gasteiger partial charge on any atom is -0.330 e. The maximum Gasteiger partial charge on any atom is 0.346 e. The van der Waals surface area contributed by atoms with Crippen LogP contribution in [0, 0.1) is 5.92 Å². The Morgan fingerprint density at radius 1 is 0.900 bits per heavy atom. The summed E-state index contributed by atoms with van der Waals surface area (Å²) in [4.78, 5) is 1.40. The highest BCUT2D eigenvalue weighted by atomic mass is 16.7. The second kappa shape index (κ2) is 6.63. The third kappa shape index (κ3) is 4.34. The number of hydrogen-bond acceptors (Lipinski definition) is 8. The van der Waals surface area contributed by atoms with Gasteiger partial charge in [0.2, 0.25) is 0 Å². The van der Waals surface area contributed by atoms with Crippen LogP contribution in [0.5, 0.6) is 0 Å². The summed E-state index contributed by atoms with van der Waals surface area (Å²) in [6, 6.07) is -0.0642. The smallest absolute Gasteiger partial charge is 0.330 e. The van der Waals surface area contributed by atoms with E-state index in [1.807, 2.05) is 0 Å². The summed E-state index contributed by atoms with van der Waals surface area (Å²) in [5, 5.41) is 32.4. The van der Waals surface area contributed by atoms with Crippen LogP contribution in [0.15, 0.2) is 0 Å². The molecule has 2 fully saturated rings. The average molecular weight is 289 g/mol. The molecule has 0 radical (unpaired) electrons. The maximum atomic E-state index is 9.64. The van der Waals surface area contributed by atoms with E-state index in [1.54, 1.807) is 10.0 Å². The van der Waals surface area contributed by atoms with Crippen LogP contribution in [0.2, 0.25) is 0 Å². The SMILES string of the molecule is NN1CCC(CN(C2CCN(N)CC2)C(O)(O)O)CC1. The zero-order valence-corrected chi connectivity index (χ0v) is 11.9. The molecule has 0 aromatic carbocycles. The molecule has 118 valence electrons. The van der Waals surface area contributed by atoms with Gasteiger partial charge < -0.3 is 15.3 Å². The van der Waals surface area contributed by atoms with Gasteiger partial charge in [-0.05, 0) is 31.6 Å². The van der Waals surface area contributed by atoms with E-state index in [2.05, 4.69) is 0 Å². The molecule has 0 saturated carbocycles. The molecule has 8 nitrogen and oxygen atoms in total. The minimum absolute atomic E-state index is 0.0642. The van der Waals surface area contributed by atoms with Crippen molar-refractivity contribution in [2.75, 3.05) is 32.7 Å². The Morgan fingerprint density at radius 2 is 1.35 bits per heavy atom. The topological polar surface area (TPSA) is 122 Å². The van der Waals surface area contributed by atoms with E-state index in [0.29, 0.717) is 25.6 Å². The van der Waals surface area contributed by atoms with Crippen molar-refractivity contribution < 1.29 is 15.3 Å². The van der Waals surface area contributed by atoms with Crippen LogP contribution in [0.3, 0.4) is 0 Å². The Balaban J connectivity index is 1.94. The lowest BCUT2D eigenvalue weighted by Crippen LogP contribution is -2.59. The molecule has 0 unspecified atom stereocenters. The predicted octanol–water partition coefficient (Wildman–Crippen LogP) is -2.20.